The molecule has 0 N–H and O–H groups in total. The van der Waals surface area contributed by atoms with Crippen molar-refractivity contribution in [3.63, 3.8) is 0 Å². The normalized spacial score (nSPS) is 13.5. The lowest BCUT2D eigenvalue weighted by molar-refractivity contribution is 0.443. The molecular weight excluding hydrogens is 977 g/mol. The van der Waals surface area contributed by atoms with Crippen LogP contribution in [0.3, 0.4) is 0 Å². The molecule has 0 atom stereocenters. The average Bonchev–Trinajstić information content (AvgIpc) is 3.95. The molecule has 2 nitrogen and oxygen atoms in total. The lowest BCUT2D eigenvalue weighted by atomic mass is 9.67. The summed E-state index contributed by atoms with van der Waals surface area (Å²) in [6, 6.07) is 114. The summed E-state index contributed by atoms with van der Waals surface area (Å²) in [7, 11) is 0. The van der Waals surface area contributed by atoms with E-state index in [4.69, 9.17) is 0 Å². The Balaban J connectivity index is 0.875. The number of anilines is 6. The van der Waals surface area contributed by atoms with Crippen molar-refractivity contribution in [1.29, 1.82) is 0 Å². The van der Waals surface area contributed by atoms with Gasteiger partial charge in [-0.05, 0) is 187 Å². The summed E-state index contributed by atoms with van der Waals surface area (Å²) in [5.74, 6) is 0.663. The molecule has 1 fully saturated rings. The lowest BCUT2D eigenvalue weighted by Crippen LogP contribution is -2.28. The van der Waals surface area contributed by atoms with Crippen molar-refractivity contribution >= 4 is 34.1 Å². The Hall–Kier alpha value is -9.76. The fourth-order valence-corrected chi connectivity index (χ4v) is 13.3. The molecule has 0 radical (unpaired) electrons. The Labute approximate surface area is 477 Å². The number of rotatable bonds is 13. The van der Waals surface area contributed by atoms with Gasteiger partial charge >= 0.3 is 0 Å². The van der Waals surface area contributed by atoms with Crippen molar-refractivity contribution in [2.24, 2.45) is 0 Å². The maximum absolute atomic E-state index is 2.45. The van der Waals surface area contributed by atoms with Crippen molar-refractivity contribution in [3.8, 4) is 55.6 Å². The van der Waals surface area contributed by atoms with Gasteiger partial charge in [0.2, 0.25) is 0 Å². The fourth-order valence-electron chi connectivity index (χ4n) is 13.3. The molecule has 14 rings (SSSR count). The second kappa shape index (κ2) is 21.8. The van der Waals surface area contributed by atoms with Gasteiger partial charge in [0.15, 0.2) is 0 Å². The van der Waals surface area contributed by atoms with E-state index in [0.717, 1.165) is 39.6 Å². The van der Waals surface area contributed by atoms with Crippen molar-refractivity contribution in [2.75, 3.05) is 9.80 Å². The standard InChI is InChI=1S/C79H62N2/c1-8-24-57(25-9-1)58-40-46-67(47-41-58)80(65-34-18-6-19-35-65)68-48-42-61(43-49-68)75-55-74(60-28-12-3-13-29-60)76(56-73(75)59-26-10-2-11-27-59)62-44-50-69(51-45-62)81(66-36-20-7-21-37-66)70-52-53-72-71-38-22-23-39-77(71)79(78(72)54-70,63-30-14-4-15-31-63)64-32-16-5-17-33-64/h2-7,10-23,26-57H,1,8-9,24-25H2. The maximum atomic E-state index is 2.45. The number of para-hydroxylation sites is 2. The Kier molecular flexibility index (Phi) is 13.3. The minimum atomic E-state index is -0.516. The van der Waals surface area contributed by atoms with Crippen LogP contribution in [-0.2, 0) is 5.41 Å². The van der Waals surface area contributed by atoms with Crippen molar-refractivity contribution in [1.82, 2.24) is 0 Å². The predicted molar refractivity (Wildman–Crippen MR) is 341 cm³/mol. The van der Waals surface area contributed by atoms with Crippen molar-refractivity contribution in [2.45, 2.75) is 43.4 Å². The highest BCUT2D eigenvalue weighted by atomic mass is 15.1. The molecule has 0 amide bonds. The van der Waals surface area contributed by atoms with E-state index in [2.05, 4.69) is 319 Å². The molecule has 12 aromatic carbocycles. The largest absolute Gasteiger partial charge is 0.311 e. The van der Waals surface area contributed by atoms with Crippen LogP contribution in [-0.4, -0.2) is 0 Å². The third kappa shape index (κ3) is 9.23. The van der Waals surface area contributed by atoms with Gasteiger partial charge in [-0.2, -0.15) is 0 Å². The van der Waals surface area contributed by atoms with Gasteiger partial charge in [0.1, 0.15) is 0 Å². The summed E-state index contributed by atoms with van der Waals surface area (Å²) in [6.07, 6.45) is 6.61. The summed E-state index contributed by atoms with van der Waals surface area (Å²) >= 11 is 0. The van der Waals surface area contributed by atoms with Gasteiger partial charge in [-0.25, -0.2) is 0 Å². The zero-order valence-corrected chi connectivity index (χ0v) is 45.5. The molecule has 2 aliphatic rings. The van der Waals surface area contributed by atoms with Crippen LogP contribution in [0.2, 0.25) is 0 Å². The summed E-state index contributed by atoms with van der Waals surface area (Å²) in [5, 5.41) is 0. The zero-order valence-electron chi connectivity index (χ0n) is 45.5. The van der Waals surface area contributed by atoms with Crippen LogP contribution < -0.4 is 9.80 Å². The quantitative estimate of drug-likeness (QED) is 0.114. The highest BCUT2D eigenvalue weighted by Crippen LogP contribution is 2.57. The second-order valence-corrected chi connectivity index (χ2v) is 21.8. The molecule has 2 aliphatic carbocycles. The van der Waals surface area contributed by atoms with E-state index in [-0.39, 0.29) is 0 Å². The molecular formula is C79H62N2. The first kappa shape index (κ1) is 49.5. The van der Waals surface area contributed by atoms with E-state index in [0.29, 0.717) is 5.92 Å². The third-order valence-electron chi connectivity index (χ3n) is 17.2. The monoisotopic (exact) mass is 1040 g/mol. The van der Waals surface area contributed by atoms with Crippen molar-refractivity contribution < 1.29 is 0 Å². The first-order chi connectivity index (χ1) is 40.2. The molecule has 12 aromatic rings. The first-order valence-electron chi connectivity index (χ1n) is 28.8. The topological polar surface area (TPSA) is 6.48 Å². The van der Waals surface area contributed by atoms with Crippen LogP contribution in [0.1, 0.15) is 65.8 Å². The summed E-state index contributed by atoms with van der Waals surface area (Å²) in [4.78, 5) is 4.80. The second-order valence-electron chi connectivity index (χ2n) is 21.8. The minimum Gasteiger partial charge on any atom is -0.311 e. The lowest BCUT2D eigenvalue weighted by Gasteiger charge is -2.35. The van der Waals surface area contributed by atoms with E-state index < -0.39 is 5.41 Å². The molecule has 2 heteroatoms. The van der Waals surface area contributed by atoms with E-state index in [1.165, 1.54) is 110 Å². The molecule has 1 saturated carbocycles. The van der Waals surface area contributed by atoms with Crippen LogP contribution in [0.5, 0.6) is 0 Å². The van der Waals surface area contributed by atoms with Crippen LogP contribution in [0.25, 0.3) is 55.6 Å². The number of hydrogen-bond acceptors (Lipinski definition) is 2. The van der Waals surface area contributed by atoms with Gasteiger partial charge in [-0.15, -0.1) is 0 Å². The Morgan fingerprint density at radius 3 is 1.06 bits per heavy atom. The van der Waals surface area contributed by atoms with Gasteiger partial charge in [0, 0.05) is 34.1 Å². The molecule has 0 heterocycles. The van der Waals surface area contributed by atoms with Crippen LogP contribution >= 0.6 is 0 Å². The average molecular weight is 1040 g/mol. The number of benzene rings is 12. The zero-order chi connectivity index (χ0) is 54.0. The van der Waals surface area contributed by atoms with Gasteiger partial charge in [-0.3, -0.25) is 0 Å². The van der Waals surface area contributed by atoms with Crippen LogP contribution in [0, 0.1) is 0 Å². The van der Waals surface area contributed by atoms with E-state index in [1.54, 1.807) is 0 Å². The number of nitrogens with zero attached hydrogens (tertiary/aromatic N) is 2. The smallest absolute Gasteiger partial charge is 0.0714 e. The first-order valence-corrected chi connectivity index (χ1v) is 28.8. The predicted octanol–water partition coefficient (Wildman–Crippen LogP) is 21.7. The summed E-state index contributed by atoms with van der Waals surface area (Å²) < 4.78 is 0. The molecule has 0 spiro atoms. The molecule has 81 heavy (non-hydrogen) atoms. The van der Waals surface area contributed by atoms with Gasteiger partial charge in [0.25, 0.3) is 0 Å². The molecule has 0 aliphatic heterocycles. The molecule has 0 bridgehead atoms. The molecule has 0 unspecified atom stereocenters. The van der Waals surface area contributed by atoms with Gasteiger partial charge in [0.05, 0.1) is 5.41 Å². The Morgan fingerprint density at radius 1 is 0.247 bits per heavy atom. The van der Waals surface area contributed by atoms with Crippen LogP contribution in [0.4, 0.5) is 34.1 Å². The van der Waals surface area contributed by atoms with E-state index >= 15 is 0 Å². The summed E-state index contributed by atoms with van der Waals surface area (Å²) in [6.45, 7) is 0. The molecule has 388 valence electrons. The van der Waals surface area contributed by atoms with Crippen molar-refractivity contribution in [3.05, 3.63) is 337 Å². The third-order valence-corrected chi connectivity index (χ3v) is 17.2. The molecule has 0 aromatic heterocycles. The van der Waals surface area contributed by atoms with Gasteiger partial charge < -0.3 is 9.80 Å². The van der Waals surface area contributed by atoms with Crippen LogP contribution in [0.15, 0.2) is 309 Å². The maximum Gasteiger partial charge on any atom is 0.0714 e. The minimum absolute atomic E-state index is 0.516. The van der Waals surface area contributed by atoms with Gasteiger partial charge in [-0.1, -0.05) is 244 Å². The highest BCUT2D eigenvalue weighted by molar-refractivity contribution is 5.96. The molecule has 0 saturated heterocycles. The SMILES string of the molecule is c1ccc(-c2cc(-c3ccc(N(c4ccccc4)c4ccc5c(c4)C(c4ccccc4)(c4ccccc4)c4ccccc4-5)cc3)c(-c3ccccc3)cc2-c2ccc(N(c3ccccc3)c3ccc(C4CCCCC4)cc3)cc2)cc1. The number of hydrogen-bond donors (Lipinski definition) is 0. The van der Waals surface area contributed by atoms with E-state index in [1.807, 2.05) is 0 Å². The Morgan fingerprint density at radius 2 is 0.593 bits per heavy atom. The van der Waals surface area contributed by atoms with E-state index in [9.17, 15) is 0 Å². The highest BCUT2D eigenvalue weighted by Gasteiger charge is 2.46. The number of fused-ring (bicyclic) bond motifs is 3. The Bertz CT molecular complexity index is 4040. The summed E-state index contributed by atoms with van der Waals surface area (Å²) in [5.41, 5.74) is 24.7. The fraction of sp³-hybridized carbons (Fsp3) is 0.0886.